The fourth-order valence-corrected chi connectivity index (χ4v) is 2.93. The third-order valence-electron chi connectivity index (χ3n) is 4.51. The van der Waals surface area contributed by atoms with E-state index in [2.05, 4.69) is 21.3 Å². The van der Waals surface area contributed by atoms with Crippen molar-refractivity contribution in [1.82, 2.24) is 5.32 Å². The molecule has 0 aromatic heterocycles. The molecular formula is C24H24N4O3. The predicted octanol–water partition coefficient (Wildman–Crippen LogP) is 3.66. The van der Waals surface area contributed by atoms with Crippen molar-refractivity contribution in [2.24, 2.45) is 0 Å². The summed E-state index contributed by atoms with van der Waals surface area (Å²) in [5.74, 6) is -0.617. The SMILES string of the molecule is CNC(=O)c1cccc(NCC(=O)Nc2ccc(NC(=O)c3cccc(C)c3)cc2)c1. The van der Waals surface area contributed by atoms with Gasteiger partial charge in [0.25, 0.3) is 11.8 Å². The maximum atomic E-state index is 12.3. The van der Waals surface area contributed by atoms with E-state index in [1.54, 1.807) is 61.6 Å². The molecule has 3 aromatic rings. The molecule has 7 heteroatoms. The van der Waals surface area contributed by atoms with Gasteiger partial charge in [0.2, 0.25) is 5.91 Å². The first-order valence-electron chi connectivity index (χ1n) is 9.78. The molecule has 0 radical (unpaired) electrons. The van der Waals surface area contributed by atoms with Gasteiger partial charge in [-0.25, -0.2) is 0 Å². The highest BCUT2D eigenvalue weighted by Crippen LogP contribution is 2.16. The van der Waals surface area contributed by atoms with Gasteiger partial charge in [-0.3, -0.25) is 14.4 Å². The number of rotatable bonds is 7. The maximum Gasteiger partial charge on any atom is 0.255 e. The first kappa shape index (κ1) is 21.6. The number of carbonyl (C=O) groups excluding carboxylic acids is 3. The van der Waals surface area contributed by atoms with E-state index in [1.807, 2.05) is 25.1 Å². The fourth-order valence-electron chi connectivity index (χ4n) is 2.93. The van der Waals surface area contributed by atoms with Crippen LogP contribution in [0.25, 0.3) is 0 Å². The topological polar surface area (TPSA) is 99.3 Å². The maximum absolute atomic E-state index is 12.3. The first-order valence-corrected chi connectivity index (χ1v) is 9.78. The number of amides is 3. The molecule has 0 atom stereocenters. The molecule has 0 heterocycles. The molecule has 0 unspecified atom stereocenters. The number of nitrogens with one attached hydrogen (secondary N) is 4. The summed E-state index contributed by atoms with van der Waals surface area (Å²) in [4.78, 5) is 36.2. The Morgan fingerprint density at radius 1 is 0.710 bits per heavy atom. The summed E-state index contributed by atoms with van der Waals surface area (Å²) in [6.45, 7) is 1.98. The van der Waals surface area contributed by atoms with E-state index < -0.39 is 0 Å². The van der Waals surface area contributed by atoms with Crippen LogP contribution in [0.1, 0.15) is 26.3 Å². The van der Waals surface area contributed by atoms with Crippen molar-refractivity contribution >= 4 is 34.8 Å². The summed E-state index contributed by atoms with van der Waals surface area (Å²) in [5, 5.41) is 11.2. The van der Waals surface area contributed by atoms with Gasteiger partial charge in [-0.05, 0) is 61.5 Å². The fraction of sp³-hybridized carbons (Fsp3) is 0.125. The number of aryl methyl sites for hydroxylation is 1. The molecule has 0 aliphatic rings. The van der Waals surface area contributed by atoms with Gasteiger partial charge in [0.1, 0.15) is 0 Å². The average Bonchev–Trinajstić information content (AvgIpc) is 2.78. The van der Waals surface area contributed by atoms with E-state index in [9.17, 15) is 14.4 Å². The van der Waals surface area contributed by atoms with Gasteiger partial charge in [-0.1, -0.05) is 23.8 Å². The smallest absolute Gasteiger partial charge is 0.255 e. The summed E-state index contributed by atoms with van der Waals surface area (Å²) < 4.78 is 0. The summed E-state index contributed by atoms with van der Waals surface area (Å²) in [5.41, 5.74) is 4.03. The van der Waals surface area contributed by atoms with Crippen molar-refractivity contribution in [1.29, 1.82) is 0 Å². The van der Waals surface area contributed by atoms with Crippen molar-refractivity contribution in [3.63, 3.8) is 0 Å². The Bertz CT molecular complexity index is 1090. The van der Waals surface area contributed by atoms with Crippen LogP contribution in [0.5, 0.6) is 0 Å². The molecule has 0 fully saturated rings. The molecule has 0 saturated carbocycles. The Morgan fingerprint density at radius 3 is 1.97 bits per heavy atom. The zero-order chi connectivity index (χ0) is 22.2. The van der Waals surface area contributed by atoms with Gasteiger partial charge in [0.05, 0.1) is 6.54 Å². The van der Waals surface area contributed by atoms with Crippen LogP contribution in [-0.4, -0.2) is 31.3 Å². The molecule has 3 rings (SSSR count). The lowest BCUT2D eigenvalue weighted by atomic mass is 10.1. The van der Waals surface area contributed by atoms with E-state index in [0.29, 0.717) is 28.2 Å². The third-order valence-corrected chi connectivity index (χ3v) is 4.51. The van der Waals surface area contributed by atoms with Crippen molar-refractivity contribution in [3.8, 4) is 0 Å². The zero-order valence-corrected chi connectivity index (χ0v) is 17.4. The summed E-state index contributed by atoms with van der Waals surface area (Å²) in [6, 6.07) is 21.1. The highest BCUT2D eigenvalue weighted by Gasteiger charge is 2.08. The molecule has 158 valence electrons. The number of carbonyl (C=O) groups is 3. The van der Waals surface area contributed by atoms with Crippen LogP contribution in [0.4, 0.5) is 17.1 Å². The Hall–Kier alpha value is -4.13. The Morgan fingerprint density at radius 2 is 1.32 bits per heavy atom. The summed E-state index contributed by atoms with van der Waals surface area (Å²) >= 11 is 0. The van der Waals surface area contributed by atoms with Crippen LogP contribution in [-0.2, 0) is 4.79 Å². The summed E-state index contributed by atoms with van der Waals surface area (Å²) in [7, 11) is 1.56. The lowest BCUT2D eigenvalue weighted by Crippen LogP contribution is -2.22. The second-order valence-corrected chi connectivity index (χ2v) is 6.96. The zero-order valence-electron chi connectivity index (χ0n) is 17.4. The molecule has 4 N–H and O–H groups in total. The molecule has 3 amide bonds. The number of hydrogen-bond acceptors (Lipinski definition) is 4. The monoisotopic (exact) mass is 416 g/mol. The number of hydrogen-bond donors (Lipinski definition) is 4. The van der Waals surface area contributed by atoms with E-state index in [-0.39, 0.29) is 24.3 Å². The molecule has 3 aromatic carbocycles. The van der Waals surface area contributed by atoms with Crippen molar-refractivity contribution in [3.05, 3.63) is 89.5 Å². The second kappa shape index (κ2) is 10.1. The van der Waals surface area contributed by atoms with Crippen molar-refractivity contribution in [2.75, 3.05) is 29.5 Å². The van der Waals surface area contributed by atoms with Crippen LogP contribution in [0.2, 0.25) is 0 Å². The van der Waals surface area contributed by atoms with Crippen LogP contribution in [0.15, 0.2) is 72.8 Å². The molecule has 0 aliphatic carbocycles. The lowest BCUT2D eigenvalue weighted by molar-refractivity contribution is -0.114. The normalized spacial score (nSPS) is 10.1. The Labute approximate surface area is 180 Å². The second-order valence-electron chi connectivity index (χ2n) is 6.96. The lowest BCUT2D eigenvalue weighted by Gasteiger charge is -2.10. The highest BCUT2D eigenvalue weighted by atomic mass is 16.2. The van der Waals surface area contributed by atoms with E-state index in [0.717, 1.165) is 5.56 Å². The quantitative estimate of drug-likeness (QED) is 0.472. The van der Waals surface area contributed by atoms with Crippen molar-refractivity contribution in [2.45, 2.75) is 6.92 Å². The third kappa shape index (κ3) is 6.17. The number of anilines is 3. The van der Waals surface area contributed by atoms with Crippen LogP contribution < -0.4 is 21.3 Å². The van der Waals surface area contributed by atoms with Crippen LogP contribution in [0, 0.1) is 6.92 Å². The molecular weight excluding hydrogens is 392 g/mol. The van der Waals surface area contributed by atoms with Gasteiger partial charge in [0.15, 0.2) is 0 Å². The Balaban J connectivity index is 1.52. The van der Waals surface area contributed by atoms with E-state index in [4.69, 9.17) is 0 Å². The predicted molar refractivity (Wildman–Crippen MR) is 123 cm³/mol. The van der Waals surface area contributed by atoms with Crippen LogP contribution in [0.3, 0.4) is 0 Å². The number of benzene rings is 3. The van der Waals surface area contributed by atoms with Gasteiger partial charge in [-0.2, -0.15) is 0 Å². The minimum atomic E-state index is -0.234. The average molecular weight is 416 g/mol. The molecule has 0 spiro atoms. The highest BCUT2D eigenvalue weighted by molar-refractivity contribution is 6.04. The first-order chi connectivity index (χ1) is 14.9. The Kier molecular flexibility index (Phi) is 7.01. The van der Waals surface area contributed by atoms with Crippen LogP contribution >= 0.6 is 0 Å². The van der Waals surface area contributed by atoms with Gasteiger partial charge < -0.3 is 21.3 Å². The van der Waals surface area contributed by atoms with Gasteiger partial charge >= 0.3 is 0 Å². The summed E-state index contributed by atoms with van der Waals surface area (Å²) in [6.07, 6.45) is 0. The molecule has 0 aliphatic heterocycles. The van der Waals surface area contributed by atoms with Crippen molar-refractivity contribution < 1.29 is 14.4 Å². The molecule has 0 bridgehead atoms. The minimum absolute atomic E-state index is 0.0447. The van der Waals surface area contributed by atoms with E-state index in [1.165, 1.54) is 0 Å². The molecule has 7 nitrogen and oxygen atoms in total. The van der Waals surface area contributed by atoms with Gasteiger partial charge in [0, 0.05) is 35.2 Å². The minimum Gasteiger partial charge on any atom is -0.376 e. The van der Waals surface area contributed by atoms with E-state index >= 15 is 0 Å². The standard InChI is InChI=1S/C24H24N4O3/c1-16-5-3-6-17(13-16)24(31)28-20-11-9-19(10-12-20)27-22(29)15-26-21-8-4-7-18(14-21)23(30)25-2/h3-14,26H,15H2,1-2H3,(H,25,30)(H,27,29)(H,28,31). The largest absolute Gasteiger partial charge is 0.376 e. The van der Waals surface area contributed by atoms with Gasteiger partial charge in [-0.15, -0.1) is 0 Å². The molecule has 31 heavy (non-hydrogen) atoms. The molecule has 0 saturated heterocycles.